The average Bonchev–Trinajstić information content (AvgIpc) is 1.94. The molecule has 0 unspecified atom stereocenters. The number of rotatable bonds is 6. The molecule has 4 nitrogen and oxygen atoms in total. The van der Waals surface area contributed by atoms with Gasteiger partial charge in [-0.05, 0) is 40.7 Å². The van der Waals surface area contributed by atoms with Gasteiger partial charge in [0.2, 0.25) is 0 Å². The lowest BCUT2D eigenvalue weighted by molar-refractivity contribution is 0.175. The molecule has 0 aliphatic rings. The van der Waals surface area contributed by atoms with E-state index in [4.69, 9.17) is 4.55 Å². The topological polar surface area (TPSA) is 57.6 Å². The van der Waals surface area contributed by atoms with Gasteiger partial charge in [0.1, 0.15) is 0 Å². The third kappa shape index (κ3) is 6.34. The van der Waals surface area contributed by atoms with Crippen LogP contribution in [0.5, 0.6) is 0 Å². The first-order chi connectivity index (χ1) is 6.24. The van der Waals surface area contributed by atoms with Crippen molar-refractivity contribution < 1.29 is 13.0 Å². The molecule has 0 saturated heterocycles. The fourth-order valence-corrected chi connectivity index (χ4v) is 2.04. The summed E-state index contributed by atoms with van der Waals surface area (Å²) in [5, 5.41) is 0. The Morgan fingerprint density at radius 1 is 1.14 bits per heavy atom. The molecule has 0 amide bonds. The molecule has 0 aromatic rings. The first-order valence-electron chi connectivity index (χ1n) is 4.95. The van der Waals surface area contributed by atoms with E-state index in [0.717, 1.165) is 0 Å². The van der Waals surface area contributed by atoms with Gasteiger partial charge in [-0.3, -0.25) is 9.45 Å². The number of hydrogen-bond donors (Lipinski definition) is 1. The lowest BCUT2D eigenvalue weighted by atomic mass is 10.2. The zero-order valence-electron chi connectivity index (χ0n) is 9.40. The minimum absolute atomic E-state index is 0.150. The molecular formula is C9H21NO3S. The van der Waals surface area contributed by atoms with Gasteiger partial charge in [0.05, 0.1) is 5.75 Å². The quantitative estimate of drug-likeness (QED) is 0.691. The normalized spacial score (nSPS) is 13.1. The van der Waals surface area contributed by atoms with Crippen LogP contribution in [-0.4, -0.2) is 42.3 Å². The molecule has 14 heavy (non-hydrogen) atoms. The van der Waals surface area contributed by atoms with Crippen molar-refractivity contribution in [1.82, 2.24) is 4.90 Å². The fraction of sp³-hybridized carbons (Fsp3) is 1.00. The lowest BCUT2D eigenvalue weighted by Crippen LogP contribution is -2.38. The van der Waals surface area contributed by atoms with E-state index in [9.17, 15) is 8.42 Å². The monoisotopic (exact) mass is 223 g/mol. The van der Waals surface area contributed by atoms with Gasteiger partial charge in [-0.2, -0.15) is 8.42 Å². The van der Waals surface area contributed by atoms with E-state index in [1.165, 1.54) is 0 Å². The van der Waals surface area contributed by atoms with Crippen LogP contribution in [-0.2, 0) is 10.1 Å². The summed E-state index contributed by atoms with van der Waals surface area (Å²) in [4.78, 5) is 2.20. The second-order valence-corrected chi connectivity index (χ2v) is 5.64. The molecule has 0 fully saturated rings. The molecule has 86 valence electrons. The van der Waals surface area contributed by atoms with Gasteiger partial charge in [0.25, 0.3) is 10.1 Å². The van der Waals surface area contributed by atoms with Crippen LogP contribution in [0.2, 0.25) is 0 Å². The van der Waals surface area contributed by atoms with Crippen LogP contribution < -0.4 is 0 Å². The van der Waals surface area contributed by atoms with E-state index in [-0.39, 0.29) is 5.75 Å². The van der Waals surface area contributed by atoms with Crippen molar-refractivity contribution in [2.45, 2.75) is 46.2 Å². The standard InChI is InChI=1S/C9H21NO3S/c1-8(2)10(9(3)4)6-5-7-14(11,12)13/h8-9H,5-7H2,1-4H3,(H,11,12,13). The molecule has 0 heterocycles. The summed E-state index contributed by atoms with van der Waals surface area (Å²) in [7, 11) is -3.80. The van der Waals surface area contributed by atoms with Crippen molar-refractivity contribution in [2.75, 3.05) is 12.3 Å². The molecule has 1 N–H and O–H groups in total. The van der Waals surface area contributed by atoms with Gasteiger partial charge in [0.15, 0.2) is 0 Å². The van der Waals surface area contributed by atoms with Crippen LogP contribution in [0.15, 0.2) is 0 Å². The van der Waals surface area contributed by atoms with Gasteiger partial charge in [-0.1, -0.05) is 0 Å². The van der Waals surface area contributed by atoms with Crippen LogP contribution in [0.1, 0.15) is 34.1 Å². The Bertz CT molecular complexity index is 239. The Labute approximate surface area is 87.0 Å². The van der Waals surface area contributed by atoms with Crippen molar-refractivity contribution in [2.24, 2.45) is 0 Å². The zero-order chi connectivity index (χ0) is 11.4. The molecule has 0 aromatic carbocycles. The van der Waals surface area contributed by atoms with Crippen molar-refractivity contribution in [1.29, 1.82) is 0 Å². The van der Waals surface area contributed by atoms with Gasteiger partial charge < -0.3 is 0 Å². The highest BCUT2D eigenvalue weighted by Crippen LogP contribution is 2.06. The average molecular weight is 223 g/mol. The maximum atomic E-state index is 10.5. The molecule has 0 bridgehead atoms. The van der Waals surface area contributed by atoms with Crippen LogP contribution >= 0.6 is 0 Å². The third-order valence-electron chi connectivity index (χ3n) is 2.15. The van der Waals surface area contributed by atoms with Gasteiger partial charge in [0, 0.05) is 12.1 Å². The molecule has 0 rings (SSSR count). The third-order valence-corrected chi connectivity index (χ3v) is 2.95. The van der Waals surface area contributed by atoms with Crippen LogP contribution in [0.4, 0.5) is 0 Å². The van der Waals surface area contributed by atoms with E-state index < -0.39 is 10.1 Å². The van der Waals surface area contributed by atoms with Crippen LogP contribution in [0, 0.1) is 0 Å². The van der Waals surface area contributed by atoms with Gasteiger partial charge in [-0.15, -0.1) is 0 Å². The Kier molecular flexibility index (Phi) is 5.63. The highest BCUT2D eigenvalue weighted by atomic mass is 32.2. The second-order valence-electron chi connectivity index (χ2n) is 4.06. The summed E-state index contributed by atoms with van der Waals surface area (Å²) in [6, 6.07) is 0.799. The summed E-state index contributed by atoms with van der Waals surface area (Å²) in [5.41, 5.74) is 0. The van der Waals surface area contributed by atoms with E-state index in [1.807, 2.05) is 0 Å². The largest absolute Gasteiger partial charge is 0.299 e. The molecule has 0 saturated carbocycles. The maximum Gasteiger partial charge on any atom is 0.264 e. The van der Waals surface area contributed by atoms with E-state index in [0.29, 0.717) is 25.0 Å². The maximum absolute atomic E-state index is 10.5. The molecule has 0 aliphatic heterocycles. The highest BCUT2D eigenvalue weighted by molar-refractivity contribution is 7.85. The zero-order valence-corrected chi connectivity index (χ0v) is 10.2. The Morgan fingerprint density at radius 2 is 1.57 bits per heavy atom. The minimum Gasteiger partial charge on any atom is -0.299 e. The van der Waals surface area contributed by atoms with E-state index in [1.54, 1.807) is 0 Å². The Morgan fingerprint density at radius 3 is 1.86 bits per heavy atom. The second kappa shape index (κ2) is 5.68. The minimum atomic E-state index is -3.80. The van der Waals surface area contributed by atoms with Gasteiger partial charge in [-0.25, -0.2) is 0 Å². The molecule has 5 heteroatoms. The first-order valence-corrected chi connectivity index (χ1v) is 6.56. The summed E-state index contributed by atoms with van der Waals surface area (Å²) in [5.74, 6) is -0.150. The highest BCUT2D eigenvalue weighted by Gasteiger charge is 2.14. The number of nitrogens with zero attached hydrogens (tertiary/aromatic N) is 1. The van der Waals surface area contributed by atoms with Crippen LogP contribution in [0.25, 0.3) is 0 Å². The summed E-state index contributed by atoms with van der Waals surface area (Å²) in [6.45, 7) is 9.01. The lowest BCUT2D eigenvalue weighted by Gasteiger charge is -2.30. The van der Waals surface area contributed by atoms with E-state index in [2.05, 4.69) is 32.6 Å². The predicted octanol–water partition coefficient (Wildman–Crippen LogP) is 1.38. The van der Waals surface area contributed by atoms with Crippen molar-refractivity contribution >= 4 is 10.1 Å². The number of hydrogen-bond acceptors (Lipinski definition) is 3. The van der Waals surface area contributed by atoms with Gasteiger partial charge >= 0.3 is 0 Å². The molecule has 0 aromatic heterocycles. The van der Waals surface area contributed by atoms with Crippen molar-refractivity contribution in [3.05, 3.63) is 0 Å². The molecule has 0 aliphatic carbocycles. The van der Waals surface area contributed by atoms with Crippen LogP contribution in [0.3, 0.4) is 0 Å². The Hall–Kier alpha value is -0.130. The summed E-state index contributed by atoms with van der Waals surface area (Å²) < 4.78 is 29.5. The fourth-order valence-electron chi connectivity index (χ4n) is 1.54. The summed E-state index contributed by atoms with van der Waals surface area (Å²) in [6.07, 6.45) is 0.481. The SMILES string of the molecule is CC(C)N(CCCS(=O)(=O)O)C(C)C. The van der Waals surface area contributed by atoms with E-state index >= 15 is 0 Å². The van der Waals surface area contributed by atoms with Crippen molar-refractivity contribution in [3.8, 4) is 0 Å². The molecule has 0 atom stereocenters. The molecular weight excluding hydrogens is 202 g/mol. The predicted molar refractivity (Wildman–Crippen MR) is 58.0 cm³/mol. The molecule has 0 radical (unpaired) electrons. The van der Waals surface area contributed by atoms with Crippen molar-refractivity contribution in [3.63, 3.8) is 0 Å². The molecule has 0 spiro atoms. The smallest absolute Gasteiger partial charge is 0.264 e. The summed E-state index contributed by atoms with van der Waals surface area (Å²) >= 11 is 0. The Balaban J connectivity index is 3.96. The first kappa shape index (κ1) is 13.9.